The van der Waals surface area contributed by atoms with Gasteiger partial charge in [0, 0.05) is 50.7 Å². The van der Waals surface area contributed by atoms with E-state index in [1.165, 1.54) is 0 Å². The maximum atomic E-state index is 12.4. The van der Waals surface area contributed by atoms with Crippen LogP contribution in [0.25, 0.3) is 10.8 Å². The number of hydrogen-bond donors (Lipinski definition) is 1. The maximum absolute atomic E-state index is 12.4. The highest BCUT2D eigenvalue weighted by Crippen LogP contribution is 2.32. The minimum Gasteiger partial charge on any atom is -0.481 e. The summed E-state index contributed by atoms with van der Waals surface area (Å²) in [7, 11) is 2.07. The standard InChI is InChI=1S/C30H39N7O4/c1-35-10-12-37(13-11-35)28(38)21-40-25-19-31-30(32-20-25)33-23-6-8-24(9-7-23)41-29-26-5-3-2-4-22(26)18-27(34-29)36-14-16-39-17-15-36/h2-5,18-20,23-24H,6-17,21H2,1H3,(H,31,32,33). The number of morpholine rings is 1. The van der Waals surface area contributed by atoms with Crippen molar-refractivity contribution in [2.45, 2.75) is 37.8 Å². The average Bonchev–Trinajstić information content (AvgIpc) is 3.02. The number of carbonyl (C=O) groups excluding carboxylic acids is 1. The Morgan fingerprint density at radius 1 is 1.00 bits per heavy atom. The number of anilines is 2. The molecule has 1 N–H and O–H groups in total. The van der Waals surface area contributed by atoms with Crippen LogP contribution in [0.2, 0.25) is 0 Å². The van der Waals surface area contributed by atoms with E-state index in [-0.39, 0.29) is 24.7 Å². The number of fused-ring (bicyclic) bond motifs is 1. The van der Waals surface area contributed by atoms with Crippen LogP contribution >= 0.6 is 0 Å². The van der Waals surface area contributed by atoms with E-state index in [2.05, 4.69) is 56.4 Å². The molecule has 2 saturated heterocycles. The third-order valence-electron chi connectivity index (χ3n) is 8.16. The summed E-state index contributed by atoms with van der Waals surface area (Å²) in [5.41, 5.74) is 0. The molecule has 11 nitrogen and oxygen atoms in total. The molecular weight excluding hydrogens is 522 g/mol. The molecule has 41 heavy (non-hydrogen) atoms. The fraction of sp³-hybridized carbons (Fsp3) is 0.533. The molecule has 0 atom stereocenters. The highest BCUT2D eigenvalue weighted by Gasteiger charge is 2.25. The first-order valence-electron chi connectivity index (χ1n) is 14.7. The van der Waals surface area contributed by atoms with Crippen molar-refractivity contribution in [1.82, 2.24) is 24.8 Å². The molecular formula is C30H39N7O4. The molecule has 1 aromatic carbocycles. The van der Waals surface area contributed by atoms with Gasteiger partial charge >= 0.3 is 0 Å². The van der Waals surface area contributed by atoms with Crippen molar-refractivity contribution in [2.75, 3.05) is 76.4 Å². The summed E-state index contributed by atoms with van der Waals surface area (Å²) in [6.45, 7) is 6.37. The summed E-state index contributed by atoms with van der Waals surface area (Å²) >= 11 is 0. The van der Waals surface area contributed by atoms with Crippen LogP contribution in [-0.2, 0) is 9.53 Å². The van der Waals surface area contributed by atoms with Gasteiger partial charge in [-0.2, -0.15) is 4.98 Å². The van der Waals surface area contributed by atoms with Crippen molar-refractivity contribution in [1.29, 1.82) is 0 Å². The van der Waals surface area contributed by atoms with E-state index in [0.29, 0.717) is 17.6 Å². The number of piperazine rings is 1. The normalized spacial score (nSPS) is 22.0. The number of nitrogens with zero attached hydrogens (tertiary/aromatic N) is 6. The number of amides is 1. The van der Waals surface area contributed by atoms with Crippen molar-refractivity contribution < 1.29 is 19.0 Å². The Kier molecular flexibility index (Phi) is 8.62. The summed E-state index contributed by atoms with van der Waals surface area (Å²) in [5, 5.41) is 5.64. The van der Waals surface area contributed by atoms with Gasteiger partial charge in [0.2, 0.25) is 11.8 Å². The average molecular weight is 562 g/mol. The van der Waals surface area contributed by atoms with Crippen molar-refractivity contribution in [3.8, 4) is 11.6 Å². The molecule has 11 heteroatoms. The molecule has 0 radical (unpaired) electrons. The van der Waals surface area contributed by atoms with Crippen LogP contribution in [0.1, 0.15) is 25.7 Å². The Labute approximate surface area is 240 Å². The number of nitrogens with one attached hydrogen (secondary N) is 1. The molecule has 0 spiro atoms. The summed E-state index contributed by atoms with van der Waals surface area (Å²) < 4.78 is 17.7. The van der Waals surface area contributed by atoms with Gasteiger partial charge in [0.05, 0.1) is 25.6 Å². The van der Waals surface area contributed by atoms with Crippen molar-refractivity contribution in [3.05, 3.63) is 42.7 Å². The van der Waals surface area contributed by atoms with E-state index in [1.807, 2.05) is 11.0 Å². The van der Waals surface area contributed by atoms with Crippen molar-refractivity contribution in [3.63, 3.8) is 0 Å². The molecule has 4 heterocycles. The van der Waals surface area contributed by atoms with E-state index in [1.54, 1.807) is 12.4 Å². The first kappa shape index (κ1) is 27.5. The number of hydrogen-bond acceptors (Lipinski definition) is 10. The quantitative estimate of drug-likeness (QED) is 0.441. The monoisotopic (exact) mass is 561 g/mol. The lowest BCUT2D eigenvalue weighted by Gasteiger charge is -2.32. The van der Waals surface area contributed by atoms with E-state index in [4.69, 9.17) is 19.2 Å². The third kappa shape index (κ3) is 6.97. The van der Waals surface area contributed by atoms with Gasteiger partial charge in [0.25, 0.3) is 5.91 Å². The van der Waals surface area contributed by atoms with Crippen molar-refractivity contribution in [2.24, 2.45) is 0 Å². The van der Waals surface area contributed by atoms with Gasteiger partial charge < -0.3 is 34.2 Å². The molecule has 1 saturated carbocycles. The van der Waals surface area contributed by atoms with Gasteiger partial charge in [0.15, 0.2) is 12.4 Å². The second kappa shape index (κ2) is 12.9. The number of benzene rings is 1. The zero-order valence-electron chi connectivity index (χ0n) is 23.7. The lowest BCUT2D eigenvalue weighted by molar-refractivity contribution is -0.134. The van der Waals surface area contributed by atoms with Crippen LogP contribution in [0.5, 0.6) is 11.6 Å². The van der Waals surface area contributed by atoms with Crippen LogP contribution in [0, 0.1) is 0 Å². The van der Waals surface area contributed by atoms with Crippen molar-refractivity contribution >= 4 is 28.4 Å². The number of aromatic nitrogens is 3. The Bertz CT molecular complexity index is 1300. The van der Waals surface area contributed by atoms with E-state index < -0.39 is 0 Å². The summed E-state index contributed by atoms with van der Waals surface area (Å²) in [5.74, 6) is 2.72. The molecule has 3 fully saturated rings. The Morgan fingerprint density at radius 3 is 2.49 bits per heavy atom. The minimum atomic E-state index is -0.00435. The fourth-order valence-electron chi connectivity index (χ4n) is 5.62. The predicted molar refractivity (Wildman–Crippen MR) is 157 cm³/mol. The Balaban J connectivity index is 0.992. The first-order valence-corrected chi connectivity index (χ1v) is 14.7. The Hall–Kier alpha value is -3.70. The van der Waals surface area contributed by atoms with E-state index in [9.17, 15) is 4.79 Å². The molecule has 2 aliphatic heterocycles. The fourth-order valence-corrected chi connectivity index (χ4v) is 5.62. The lowest BCUT2D eigenvalue weighted by Crippen LogP contribution is -2.48. The van der Waals surface area contributed by atoms with Gasteiger partial charge in [-0.05, 0) is 50.2 Å². The van der Waals surface area contributed by atoms with Gasteiger partial charge in [-0.25, -0.2) is 9.97 Å². The molecule has 6 rings (SSSR count). The minimum absolute atomic E-state index is 0.00333. The zero-order valence-corrected chi connectivity index (χ0v) is 23.7. The third-order valence-corrected chi connectivity index (χ3v) is 8.16. The molecule has 3 aliphatic rings. The smallest absolute Gasteiger partial charge is 0.260 e. The van der Waals surface area contributed by atoms with E-state index >= 15 is 0 Å². The number of ether oxygens (including phenoxy) is 3. The second-order valence-corrected chi connectivity index (χ2v) is 11.1. The number of carbonyl (C=O) groups is 1. The lowest BCUT2D eigenvalue weighted by atomic mass is 9.93. The van der Waals surface area contributed by atoms with Gasteiger partial charge in [-0.3, -0.25) is 4.79 Å². The van der Waals surface area contributed by atoms with Crippen LogP contribution in [0.15, 0.2) is 42.7 Å². The summed E-state index contributed by atoms with van der Waals surface area (Å²) in [6, 6.07) is 10.7. The number of pyridine rings is 1. The molecule has 2 aromatic heterocycles. The predicted octanol–water partition coefficient (Wildman–Crippen LogP) is 2.82. The van der Waals surface area contributed by atoms with Gasteiger partial charge in [-0.15, -0.1) is 0 Å². The largest absolute Gasteiger partial charge is 0.481 e. The molecule has 1 aliphatic carbocycles. The van der Waals surface area contributed by atoms with Crippen LogP contribution in [-0.4, -0.2) is 109 Å². The van der Waals surface area contributed by atoms with Gasteiger partial charge in [0.1, 0.15) is 11.9 Å². The molecule has 3 aromatic rings. The Morgan fingerprint density at radius 2 is 1.73 bits per heavy atom. The molecule has 1 amide bonds. The van der Waals surface area contributed by atoms with Gasteiger partial charge in [-0.1, -0.05) is 18.2 Å². The highest BCUT2D eigenvalue weighted by atomic mass is 16.5. The molecule has 218 valence electrons. The SMILES string of the molecule is CN1CCN(C(=O)COc2cnc(NC3CCC(Oc4nc(N5CCOCC5)cc5ccccc45)CC3)nc2)CC1. The van der Waals surface area contributed by atoms with Crippen LogP contribution in [0.3, 0.4) is 0 Å². The van der Waals surface area contributed by atoms with Crippen LogP contribution < -0.4 is 19.7 Å². The van der Waals surface area contributed by atoms with Crippen LogP contribution in [0.4, 0.5) is 11.8 Å². The number of rotatable bonds is 8. The zero-order chi connectivity index (χ0) is 28.0. The van der Waals surface area contributed by atoms with E-state index in [0.717, 1.165) is 94.8 Å². The number of likely N-dealkylation sites (N-methyl/N-ethyl adjacent to an activating group) is 1. The topological polar surface area (TPSA) is 105 Å². The highest BCUT2D eigenvalue weighted by molar-refractivity contribution is 5.89. The molecule has 0 unspecified atom stereocenters. The molecule has 0 bridgehead atoms. The summed E-state index contributed by atoms with van der Waals surface area (Å²) in [6.07, 6.45) is 7.10. The maximum Gasteiger partial charge on any atom is 0.260 e. The second-order valence-electron chi connectivity index (χ2n) is 11.1. The first-order chi connectivity index (χ1) is 20.1. The summed E-state index contributed by atoms with van der Waals surface area (Å²) in [4.78, 5) is 32.5.